The van der Waals surface area contributed by atoms with Crippen LogP contribution in [0, 0.1) is 5.92 Å². The number of para-hydroxylation sites is 2. The SMILES string of the molecule is Nc1ccccc1OC(=O)c1ccc(CNC(=O)C2CCCC2)s1. The van der Waals surface area contributed by atoms with Crippen LogP contribution in [0.15, 0.2) is 36.4 Å². The zero-order valence-corrected chi connectivity index (χ0v) is 14.1. The second kappa shape index (κ2) is 7.49. The summed E-state index contributed by atoms with van der Waals surface area (Å²) >= 11 is 1.32. The highest BCUT2D eigenvalue weighted by Crippen LogP contribution is 2.26. The third-order valence-electron chi connectivity index (χ3n) is 4.15. The van der Waals surface area contributed by atoms with E-state index in [0.717, 1.165) is 30.6 Å². The molecule has 3 N–H and O–H groups in total. The van der Waals surface area contributed by atoms with Gasteiger partial charge in [-0.1, -0.05) is 25.0 Å². The Kier molecular flexibility index (Phi) is 5.15. The van der Waals surface area contributed by atoms with E-state index in [9.17, 15) is 9.59 Å². The fourth-order valence-electron chi connectivity index (χ4n) is 2.81. The molecule has 126 valence electrons. The minimum absolute atomic E-state index is 0.113. The molecule has 1 aromatic heterocycles. The van der Waals surface area contributed by atoms with E-state index in [2.05, 4.69) is 5.32 Å². The van der Waals surface area contributed by atoms with Gasteiger partial charge in [0.15, 0.2) is 5.75 Å². The predicted molar refractivity (Wildman–Crippen MR) is 93.9 cm³/mol. The van der Waals surface area contributed by atoms with Crippen molar-refractivity contribution >= 4 is 28.9 Å². The van der Waals surface area contributed by atoms with Crippen LogP contribution in [0.25, 0.3) is 0 Å². The van der Waals surface area contributed by atoms with Crippen LogP contribution in [0.5, 0.6) is 5.75 Å². The van der Waals surface area contributed by atoms with Gasteiger partial charge in [0.1, 0.15) is 4.88 Å². The second-order valence-corrected chi connectivity index (χ2v) is 7.06. The molecule has 1 amide bonds. The Morgan fingerprint density at radius 1 is 1.17 bits per heavy atom. The molecule has 6 heteroatoms. The Balaban J connectivity index is 1.55. The zero-order chi connectivity index (χ0) is 16.9. The molecule has 2 aromatic rings. The highest BCUT2D eigenvalue weighted by atomic mass is 32.1. The van der Waals surface area contributed by atoms with Gasteiger partial charge in [-0.25, -0.2) is 4.79 Å². The lowest BCUT2D eigenvalue weighted by atomic mass is 10.1. The smallest absolute Gasteiger partial charge is 0.353 e. The van der Waals surface area contributed by atoms with Crippen molar-refractivity contribution in [1.82, 2.24) is 5.32 Å². The van der Waals surface area contributed by atoms with Crippen LogP contribution < -0.4 is 15.8 Å². The summed E-state index contributed by atoms with van der Waals surface area (Å²) in [7, 11) is 0. The van der Waals surface area contributed by atoms with Gasteiger partial charge in [-0.15, -0.1) is 11.3 Å². The van der Waals surface area contributed by atoms with Gasteiger partial charge in [-0.3, -0.25) is 4.79 Å². The van der Waals surface area contributed by atoms with E-state index in [1.165, 1.54) is 11.3 Å². The van der Waals surface area contributed by atoms with Gasteiger partial charge in [0.2, 0.25) is 5.91 Å². The first-order chi connectivity index (χ1) is 11.6. The maximum absolute atomic E-state index is 12.2. The Labute approximate surface area is 144 Å². The van der Waals surface area contributed by atoms with E-state index in [-0.39, 0.29) is 11.8 Å². The summed E-state index contributed by atoms with van der Waals surface area (Å²) in [6.45, 7) is 0.445. The highest BCUT2D eigenvalue weighted by Gasteiger charge is 2.22. The number of esters is 1. The summed E-state index contributed by atoms with van der Waals surface area (Å²) in [5.41, 5.74) is 6.19. The maximum atomic E-state index is 12.2. The Morgan fingerprint density at radius 2 is 1.92 bits per heavy atom. The normalized spacial score (nSPS) is 14.5. The van der Waals surface area contributed by atoms with E-state index in [4.69, 9.17) is 10.5 Å². The van der Waals surface area contributed by atoms with Gasteiger partial charge in [-0.2, -0.15) is 0 Å². The lowest BCUT2D eigenvalue weighted by Crippen LogP contribution is -2.28. The number of nitrogen functional groups attached to an aromatic ring is 1. The van der Waals surface area contributed by atoms with Crippen LogP contribution in [0.2, 0.25) is 0 Å². The molecule has 1 aliphatic carbocycles. The summed E-state index contributed by atoms with van der Waals surface area (Å²) in [5.74, 6) is 0.177. The number of carbonyl (C=O) groups is 2. The number of nitrogens with one attached hydrogen (secondary N) is 1. The van der Waals surface area contributed by atoms with Crippen LogP contribution in [0.4, 0.5) is 5.69 Å². The van der Waals surface area contributed by atoms with Crippen molar-refractivity contribution in [3.05, 3.63) is 46.2 Å². The molecule has 1 aliphatic rings. The molecule has 5 nitrogen and oxygen atoms in total. The van der Waals surface area contributed by atoms with E-state index in [1.807, 2.05) is 6.07 Å². The van der Waals surface area contributed by atoms with E-state index in [1.54, 1.807) is 30.3 Å². The minimum atomic E-state index is -0.439. The molecule has 1 heterocycles. The number of nitrogens with two attached hydrogens (primary N) is 1. The van der Waals surface area contributed by atoms with E-state index >= 15 is 0 Å². The van der Waals surface area contributed by atoms with Crippen molar-refractivity contribution in [3.8, 4) is 5.75 Å². The molecule has 24 heavy (non-hydrogen) atoms. The van der Waals surface area contributed by atoms with Crippen LogP contribution in [-0.4, -0.2) is 11.9 Å². The molecule has 0 atom stereocenters. The molecule has 0 saturated heterocycles. The van der Waals surface area contributed by atoms with Gasteiger partial charge in [-0.05, 0) is 37.1 Å². The fourth-order valence-corrected chi connectivity index (χ4v) is 3.64. The topological polar surface area (TPSA) is 81.4 Å². The number of carbonyl (C=O) groups excluding carboxylic acids is 2. The molecule has 0 bridgehead atoms. The zero-order valence-electron chi connectivity index (χ0n) is 13.3. The van der Waals surface area contributed by atoms with E-state index < -0.39 is 5.97 Å². The first kappa shape index (κ1) is 16.5. The standard InChI is InChI=1S/C18H20N2O3S/c19-14-7-3-4-8-15(14)23-18(22)16-10-9-13(24-16)11-20-17(21)12-5-1-2-6-12/h3-4,7-10,12H,1-2,5-6,11,19H2,(H,20,21). The molecule has 1 fully saturated rings. The third kappa shape index (κ3) is 3.94. The molecular formula is C18H20N2O3S. The van der Waals surface area contributed by atoms with Gasteiger partial charge in [0.25, 0.3) is 0 Å². The summed E-state index contributed by atoms with van der Waals surface area (Å²) < 4.78 is 5.31. The number of hydrogen-bond donors (Lipinski definition) is 2. The maximum Gasteiger partial charge on any atom is 0.353 e. The lowest BCUT2D eigenvalue weighted by Gasteiger charge is -2.09. The summed E-state index contributed by atoms with van der Waals surface area (Å²) in [6, 6.07) is 10.4. The van der Waals surface area contributed by atoms with Crippen LogP contribution in [-0.2, 0) is 11.3 Å². The summed E-state index contributed by atoms with van der Waals surface area (Å²) in [5, 5.41) is 2.95. The van der Waals surface area contributed by atoms with Crippen molar-refractivity contribution in [2.75, 3.05) is 5.73 Å². The molecule has 0 spiro atoms. The fraction of sp³-hybridized carbons (Fsp3) is 0.333. The number of ether oxygens (including phenoxy) is 1. The molecule has 0 radical (unpaired) electrons. The van der Waals surface area contributed by atoms with Gasteiger partial charge < -0.3 is 15.8 Å². The van der Waals surface area contributed by atoms with Crippen LogP contribution in [0.3, 0.4) is 0 Å². The molecule has 1 aromatic carbocycles. The molecule has 1 saturated carbocycles. The van der Waals surface area contributed by atoms with Crippen LogP contribution in [0.1, 0.15) is 40.2 Å². The minimum Gasteiger partial charge on any atom is -0.420 e. The number of anilines is 1. The highest BCUT2D eigenvalue weighted by molar-refractivity contribution is 7.13. The van der Waals surface area contributed by atoms with Gasteiger partial charge in [0, 0.05) is 10.8 Å². The Hall–Kier alpha value is -2.34. The monoisotopic (exact) mass is 344 g/mol. The lowest BCUT2D eigenvalue weighted by molar-refractivity contribution is -0.124. The number of benzene rings is 1. The van der Waals surface area contributed by atoms with E-state index in [0.29, 0.717) is 22.9 Å². The quantitative estimate of drug-likeness (QED) is 0.495. The number of thiophene rings is 1. The molecule has 0 aliphatic heterocycles. The molecular weight excluding hydrogens is 324 g/mol. The summed E-state index contributed by atoms with van der Waals surface area (Å²) in [6.07, 6.45) is 4.23. The molecule has 3 rings (SSSR count). The largest absolute Gasteiger partial charge is 0.420 e. The van der Waals surface area contributed by atoms with Crippen molar-refractivity contribution in [2.24, 2.45) is 5.92 Å². The molecule has 0 unspecified atom stereocenters. The van der Waals surface area contributed by atoms with Gasteiger partial charge in [0.05, 0.1) is 12.2 Å². The second-order valence-electron chi connectivity index (χ2n) is 5.89. The van der Waals surface area contributed by atoms with Crippen LogP contribution >= 0.6 is 11.3 Å². The Morgan fingerprint density at radius 3 is 2.67 bits per heavy atom. The average molecular weight is 344 g/mol. The summed E-state index contributed by atoms with van der Waals surface area (Å²) in [4.78, 5) is 25.6. The van der Waals surface area contributed by atoms with Crippen molar-refractivity contribution in [1.29, 1.82) is 0 Å². The first-order valence-electron chi connectivity index (χ1n) is 8.06. The predicted octanol–water partition coefficient (Wildman–Crippen LogP) is 3.36. The first-order valence-corrected chi connectivity index (χ1v) is 8.88. The van der Waals surface area contributed by atoms with Crippen molar-refractivity contribution < 1.29 is 14.3 Å². The average Bonchev–Trinajstić information content (AvgIpc) is 3.26. The number of hydrogen-bond acceptors (Lipinski definition) is 5. The van der Waals surface area contributed by atoms with Gasteiger partial charge >= 0.3 is 5.97 Å². The van der Waals surface area contributed by atoms with Crippen molar-refractivity contribution in [3.63, 3.8) is 0 Å². The van der Waals surface area contributed by atoms with Crippen molar-refractivity contribution in [2.45, 2.75) is 32.2 Å². The Bertz CT molecular complexity index is 735. The number of rotatable bonds is 5. The third-order valence-corrected chi connectivity index (χ3v) is 5.21. The number of amides is 1.